The van der Waals surface area contributed by atoms with E-state index in [9.17, 15) is 4.79 Å². The molecular formula is C14H20N2O3. The van der Waals surface area contributed by atoms with Gasteiger partial charge in [0.1, 0.15) is 17.9 Å². The van der Waals surface area contributed by atoms with E-state index in [1.54, 1.807) is 24.3 Å². The molecule has 0 spiro atoms. The molecule has 19 heavy (non-hydrogen) atoms. The zero-order valence-electron chi connectivity index (χ0n) is 10.9. The molecule has 0 aromatic heterocycles. The molecule has 1 saturated heterocycles. The quantitative estimate of drug-likeness (QED) is 0.835. The Morgan fingerprint density at radius 2 is 2.26 bits per heavy atom. The molecule has 1 atom stereocenters. The van der Waals surface area contributed by atoms with Crippen LogP contribution in [0.1, 0.15) is 23.2 Å². The number of aromatic carboxylic acids is 1. The Labute approximate surface area is 113 Å². The molecule has 5 heteroatoms. The van der Waals surface area contributed by atoms with Crippen LogP contribution in [-0.4, -0.2) is 48.3 Å². The van der Waals surface area contributed by atoms with E-state index < -0.39 is 5.97 Å². The Morgan fingerprint density at radius 3 is 3.00 bits per heavy atom. The molecule has 0 radical (unpaired) electrons. The molecule has 1 aliphatic heterocycles. The summed E-state index contributed by atoms with van der Waals surface area (Å²) in [5.41, 5.74) is 6.12. The summed E-state index contributed by atoms with van der Waals surface area (Å²) in [5, 5.41) is 9.04. The van der Waals surface area contributed by atoms with Gasteiger partial charge in [0, 0.05) is 19.1 Å². The number of nitrogens with zero attached hydrogens (tertiary/aromatic N) is 1. The van der Waals surface area contributed by atoms with Gasteiger partial charge in [0.05, 0.1) is 0 Å². The third-order valence-corrected chi connectivity index (χ3v) is 3.32. The van der Waals surface area contributed by atoms with Gasteiger partial charge in [0.2, 0.25) is 0 Å². The molecule has 1 aromatic carbocycles. The van der Waals surface area contributed by atoms with Gasteiger partial charge in [-0.05, 0) is 31.5 Å². The number of rotatable bonds is 5. The van der Waals surface area contributed by atoms with E-state index in [1.807, 2.05) is 0 Å². The first-order valence-corrected chi connectivity index (χ1v) is 6.60. The smallest absolute Gasteiger partial charge is 0.339 e. The minimum absolute atomic E-state index is 0.206. The van der Waals surface area contributed by atoms with Crippen molar-refractivity contribution in [1.82, 2.24) is 4.90 Å². The highest BCUT2D eigenvalue weighted by molar-refractivity contribution is 5.90. The lowest BCUT2D eigenvalue weighted by molar-refractivity contribution is 0.0691. The van der Waals surface area contributed by atoms with Crippen molar-refractivity contribution in [2.45, 2.75) is 18.9 Å². The fraction of sp³-hybridized carbons (Fsp3) is 0.500. The molecule has 0 aliphatic carbocycles. The molecule has 104 valence electrons. The Hall–Kier alpha value is -1.59. The second kappa shape index (κ2) is 6.54. The highest BCUT2D eigenvalue weighted by Gasteiger charge is 2.16. The molecule has 5 nitrogen and oxygen atoms in total. The van der Waals surface area contributed by atoms with Gasteiger partial charge < -0.3 is 15.6 Å². The van der Waals surface area contributed by atoms with E-state index in [4.69, 9.17) is 15.6 Å². The number of hydrogen-bond donors (Lipinski definition) is 2. The van der Waals surface area contributed by atoms with Gasteiger partial charge >= 0.3 is 5.97 Å². The SMILES string of the molecule is NC1CCCN(CCOc2ccccc2C(=O)O)C1. The van der Waals surface area contributed by atoms with Crippen LogP contribution in [0.15, 0.2) is 24.3 Å². The maximum atomic E-state index is 11.0. The fourth-order valence-electron chi connectivity index (χ4n) is 2.35. The minimum atomic E-state index is -0.962. The van der Waals surface area contributed by atoms with Crippen molar-refractivity contribution >= 4 is 5.97 Å². The van der Waals surface area contributed by atoms with E-state index in [0.717, 1.165) is 32.5 Å². The molecule has 1 aliphatic rings. The van der Waals surface area contributed by atoms with Crippen molar-refractivity contribution in [2.75, 3.05) is 26.2 Å². The van der Waals surface area contributed by atoms with Gasteiger partial charge in [0.15, 0.2) is 0 Å². The minimum Gasteiger partial charge on any atom is -0.491 e. The first-order chi connectivity index (χ1) is 9.16. The summed E-state index contributed by atoms with van der Waals surface area (Å²) in [7, 11) is 0. The summed E-state index contributed by atoms with van der Waals surface area (Å²) in [4.78, 5) is 13.3. The first kappa shape index (κ1) is 13.8. The zero-order chi connectivity index (χ0) is 13.7. The third kappa shape index (κ3) is 3.94. The van der Waals surface area contributed by atoms with Crippen molar-refractivity contribution in [3.8, 4) is 5.75 Å². The normalized spacial score (nSPS) is 20.2. The number of carbonyl (C=O) groups is 1. The van der Waals surface area contributed by atoms with Crippen LogP contribution in [0.25, 0.3) is 0 Å². The van der Waals surface area contributed by atoms with E-state index in [2.05, 4.69) is 4.90 Å². The van der Waals surface area contributed by atoms with Crippen LogP contribution in [0, 0.1) is 0 Å². The summed E-state index contributed by atoms with van der Waals surface area (Å²) in [5.74, 6) is -0.535. The maximum absolute atomic E-state index is 11.0. The number of hydrogen-bond acceptors (Lipinski definition) is 4. The van der Waals surface area contributed by atoms with Gasteiger partial charge in [-0.2, -0.15) is 0 Å². The summed E-state index contributed by atoms with van der Waals surface area (Å²) in [6, 6.07) is 6.96. The van der Waals surface area contributed by atoms with Crippen LogP contribution < -0.4 is 10.5 Å². The molecule has 1 heterocycles. The molecule has 1 fully saturated rings. The second-order valence-corrected chi connectivity index (χ2v) is 4.85. The third-order valence-electron chi connectivity index (χ3n) is 3.32. The monoisotopic (exact) mass is 264 g/mol. The van der Waals surface area contributed by atoms with Gasteiger partial charge in [-0.15, -0.1) is 0 Å². The Balaban J connectivity index is 1.84. The highest BCUT2D eigenvalue weighted by atomic mass is 16.5. The Kier molecular flexibility index (Phi) is 4.76. The summed E-state index contributed by atoms with van der Waals surface area (Å²) in [6.45, 7) is 3.19. The van der Waals surface area contributed by atoms with Gasteiger partial charge in [0.25, 0.3) is 0 Å². The number of carboxylic acid groups (broad SMARTS) is 1. The van der Waals surface area contributed by atoms with Gasteiger partial charge in [-0.3, -0.25) is 4.90 Å². The standard InChI is InChI=1S/C14H20N2O3/c15-11-4-3-7-16(10-11)8-9-19-13-6-2-1-5-12(13)14(17)18/h1-2,5-6,11H,3-4,7-10,15H2,(H,17,18). The van der Waals surface area contributed by atoms with E-state index >= 15 is 0 Å². The molecule has 3 N–H and O–H groups in total. The number of nitrogens with two attached hydrogens (primary N) is 1. The van der Waals surface area contributed by atoms with Crippen molar-refractivity contribution in [1.29, 1.82) is 0 Å². The zero-order valence-corrected chi connectivity index (χ0v) is 10.9. The average molecular weight is 264 g/mol. The highest BCUT2D eigenvalue weighted by Crippen LogP contribution is 2.17. The number of piperidine rings is 1. The predicted octanol–water partition coefficient (Wildman–Crippen LogP) is 1.19. The number of likely N-dealkylation sites (tertiary alicyclic amines) is 1. The molecule has 0 saturated carbocycles. The summed E-state index contributed by atoms with van der Waals surface area (Å²) < 4.78 is 5.57. The maximum Gasteiger partial charge on any atom is 0.339 e. The van der Waals surface area contributed by atoms with E-state index in [0.29, 0.717) is 12.4 Å². The van der Waals surface area contributed by atoms with Crippen molar-refractivity contribution in [3.05, 3.63) is 29.8 Å². The topological polar surface area (TPSA) is 75.8 Å². The lowest BCUT2D eigenvalue weighted by Crippen LogP contribution is -2.44. The van der Waals surface area contributed by atoms with Crippen LogP contribution in [-0.2, 0) is 0 Å². The predicted molar refractivity (Wildman–Crippen MR) is 72.5 cm³/mol. The fourth-order valence-corrected chi connectivity index (χ4v) is 2.35. The van der Waals surface area contributed by atoms with Crippen molar-refractivity contribution in [3.63, 3.8) is 0 Å². The Bertz CT molecular complexity index is 436. The number of carboxylic acids is 1. The van der Waals surface area contributed by atoms with Gasteiger partial charge in [-0.25, -0.2) is 4.79 Å². The lowest BCUT2D eigenvalue weighted by Gasteiger charge is -2.30. The summed E-state index contributed by atoms with van der Waals surface area (Å²) in [6.07, 6.45) is 2.20. The van der Waals surface area contributed by atoms with Crippen LogP contribution in [0.2, 0.25) is 0 Å². The van der Waals surface area contributed by atoms with E-state index in [-0.39, 0.29) is 11.6 Å². The lowest BCUT2D eigenvalue weighted by atomic mass is 10.1. The van der Waals surface area contributed by atoms with Crippen LogP contribution in [0.5, 0.6) is 5.75 Å². The summed E-state index contributed by atoms with van der Waals surface area (Å²) >= 11 is 0. The van der Waals surface area contributed by atoms with Crippen LogP contribution in [0.4, 0.5) is 0 Å². The first-order valence-electron chi connectivity index (χ1n) is 6.60. The number of benzene rings is 1. The number of para-hydroxylation sites is 1. The molecular weight excluding hydrogens is 244 g/mol. The molecule has 1 unspecified atom stereocenters. The molecule has 1 aromatic rings. The molecule has 0 amide bonds. The second-order valence-electron chi connectivity index (χ2n) is 4.85. The Morgan fingerprint density at radius 1 is 1.47 bits per heavy atom. The number of ether oxygens (including phenoxy) is 1. The van der Waals surface area contributed by atoms with Gasteiger partial charge in [-0.1, -0.05) is 12.1 Å². The van der Waals surface area contributed by atoms with E-state index in [1.165, 1.54) is 0 Å². The van der Waals surface area contributed by atoms with Crippen molar-refractivity contribution in [2.24, 2.45) is 5.73 Å². The largest absolute Gasteiger partial charge is 0.491 e. The molecule has 2 rings (SSSR count). The van der Waals surface area contributed by atoms with Crippen LogP contribution in [0.3, 0.4) is 0 Å². The van der Waals surface area contributed by atoms with Crippen molar-refractivity contribution < 1.29 is 14.6 Å². The van der Waals surface area contributed by atoms with Crippen LogP contribution >= 0.6 is 0 Å². The molecule has 0 bridgehead atoms. The average Bonchev–Trinajstić information content (AvgIpc) is 2.39.